The van der Waals surface area contributed by atoms with Crippen LogP contribution in [0.1, 0.15) is 5.56 Å². The van der Waals surface area contributed by atoms with Crippen molar-refractivity contribution in [3.8, 4) is 0 Å². The molecule has 0 bridgehead atoms. The van der Waals surface area contributed by atoms with Crippen LogP contribution in [0.25, 0.3) is 10.9 Å². The number of para-hydroxylation sites is 1. The van der Waals surface area contributed by atoms with Crippen molar-refractivity contribution in [3.63, 3.8) is 0 Å². The molecule has 16 heavy (non-hydrogen) atoms. The van der Waals surface area contributed by atoms with E-state index in [0.29, 0.717) is 12.0 Å². The van der Waals surface area contributed by atoms with Gasteiger partial charge in [0.25, 0.3) is 5.69 Å². The van der Waals surface area contributed by atoms with Gasteiger partial charge >= 0.3 is 0 Å². The smallest absolute Gasteiger partial charge is 0.258 e. The maximum atomic E-state index is 10.9. The highest BCUT2D eigenvalue weighted by Crippen LogP contribution is 2.26. The van der Waals surface area contributed by atoms with E-state index in [1.807, 2.05) is 24.3 Å². The fourth-order valence-corrected chi connectivity index (χ4v) is 1.70. The van der Waals surface area contributed by atoms with E-state index in [2.05, 4.69) is 11.6 Å². The van der Waals surface area contributed by atoms with Crippen molar-refractivity contribution in [2.24, 2.45) is 0 Å². The minimum absolute atomic E-state index is 0.0543. The van der Waals surface area contributed by atoms with E-state index >= 15 is 0 Å². The van der Waals surface area contributed by atoms with Gasteiger partial charge in [-0.3, -0.25) is 10.1 Å². The highest BCUT2D eigenvalue weighted by atomic mass is 16.6. The summed E-state index contributed by atoms with van der Waals surface area (Å²) in [7, 11) is 0. The van der Waals surface area contributed by atoms with Gasteiger partial charge in [0.15, 0.2) is 0 Å². The number of allylic oxidation sites excluding steroid dienone is 1. The van der Waals surface area contributed by atoms with E-state index in [9.17, 15) is 10.1 Å². The molecule has 0 atom stereocenters. The molecule has 0 radical (unpaired) electrons. The maximum Gasteiger partial charge on any atom is 0.291 e. The Labute approximate surface area is 92.4 Å². The third-order valence-electron chi connectivity index (χ3n) is 2.41. The molecule has 0 saturated heterocycles. The molecule has 80 valence electrons. The van der Waals surface area contributed by atoms with Crippen LogP contribution in [0.2, 0.25) is 0 Å². The van der Waals surface area contributed by atoms with Crippen molar-refractivity contribution in [2.45, 2.75) is 6.42 Å². The van der Waals surface area contributed by atoms with Crippen LogP contribution in [0, 0.1) is 10.1 Å². The summed E-state index contributed by atoms with van der Waals surface area (Å²) in [6.07, 6.45) is 3.44. The number of pyridine rings is 1. The van der Waals surface area contributed by atoms with Crippen LogP contribution in [-0.2, 0) is 6.42 Å². The molecule has 0 aliphatic rings. The number of fused-ring (bicyclic) bond motifs is 1. The van der Waals surface area contributed by atoms with Crippen LogP contribution in [-0.4, -0.2) is 9.91 Å². The Morgan fingerprint density at radius 2 is 2.19 bits per heavy atom. The first-order valence-electron chi connectivity index (χ1n) is 4.86. The van der Waals surface area contributed by atoms with Gasteiger partial charge in [0.2, 0.25) is 0 Å². The number of nitro groups is 1. The number of hydrogen-bond donors (Lipinski definition) is 0. The van der Waals surface area contributed by atoms with Crippen molar-refractivity contribution in [2.75, 3.05) is 0 Å². The number of nitrogens with zero attached hydrogens (tertiary/aromatic N) is 2. The second kappa shape index (κ2) is 4.10. The molecule has 1 heterocycles. The number of rotatable bonds is 3. The highest BCUT2D eigenvalue weighted by molar-refractivity contribution is 5.85. The van der Waals surface area contributed by atoms with Crippen LogP contribution in [0.3, 0.4) is 0 Å². The third kappa shape index (κ3) is 1.65. The molecule has 0 spiro atoms. The minimum Gasteiger partial charge on any atom is -0.258 e. The lowest BCUT2D eigenvalue weighted by atomic mass is 10.0. The van der Waals surface area contributed by atoms with Crippen LogP contribution >= 0.6 is 0 Å². The Balaban J connectivity index is 2.78. The molecule has 2 aromatic rings. The second-order valence-electron chi connectivity index (χ2n) is 3.39. The summed E-state index contributed by atoms with van der Waals surface area (Å²) in [5, 5.41) is 11.7. The number of benzene rings is 1. The molecular weight excluding hydrogens is 204 g/mol. The van der Waals surface area contributed by atoms with Crippen LogP contribution in [0.5, 0.6) is 0 Å². The molecule has 0 saturated carbocycles. The largest absolute Gasteiger partial charge is 0.291 e. The lowest BCUT2D eigenvalue weighted by Crippen LogP contribution is -1.97. The van der Waals surface area contributed by atoms with Gasteiger partial charge in [0.05, 0.1) is 10.4 Å². The number of aromatic nitrogens is 1. The molecule has 0 aliphatic carbocycles. The summed E-state index contributed by atoms with van der Waals surface area (Å²) in [5.74, 6) is 0. The van der Waals surface area contributed by atoms with Gasteiger partial charge in [-0.25, -0.2) is 4.98 Å². The first-order valence-corrected chi connectivity index (χ1v) is 4.86. The van der Waals surface area contributed by atoms with Crippen molar-refractivity contribution < 1.29 is 4.92 Å². The fraction of sp³-hybridized carbons (Fsp3) is 0.0833. The minimum atomic E-state index is -0.404. The maximum absolute atomic E-state index is 10.9. The van der Waals surface area contributed by atoms with E-state index in [1.54, 1.807) is 6.08 Å². The Kier molecular flexibility index (Phi) is 2.64. The summed E-state index contributed by atoms with van der Waals surface area (Å²) in [4.78, 5) is 14.5. The Morgan fingerprint density at radius 3 is 2.88 bits per heavy atom. The van der Waals surface area contributed by atoms with E-state index in [1.165, 1.54) is 6.20 Å². The first-order chi connectivity index (χ1) is 7.74. The predicted octanol–water partition coefficient (Wildman–Crippen LogP) is 2.87. The Hall–Kier alpha value is -2.23. The zero-order chi connectivity index (χ0) is 11.5. The standard InChI is InChI=1S/C12H10N2O2/c1-2-5-10-9-6-3-4-7-11(9)13-8-12(10)14(15)16/h2-4,6-8H,1,5H2. The van der Waals surface area contributed by atoms with Crippen molar-refractivity contribution in [1.29, 1.82) is 0 Å². The van der Waals surface area contributed by atoms with Crippen LogP contribution < -0.4 is 0 Å². The zero-order valence-corrected chi connectivity index (χ0v) is 8.59. The highest BCUT2D eigenvalue weighted by Gasteiger charge is 2.16. The summed E-state index contributed by atoms with van der Waals surface area (Å²) < 4.78 is 0. The molecule has 0 aliphatic heterocycles. The van der Waals surface area contributed by atoms with Crippen LogP contribution in [0.15, 0.2) is 43.1 Å². The molecule has 0 N–H and O–H groups in total. The Bertz CT molecular complexity index is 564. The summed E-state index contributed by atoms with van der Waals surface area (Å²) in [5.41, 5.74) is 1.49. The van der Waals surface area contributed by atoms with Crippen molar-refractivity contribution >= 4 is 16.6 Å². The average molecular weight is 214 g/mol. The van der Waals surface area contributed by atoms with Gasteiger partial charge in [-0.05, 0) is 12.5 Å². The van der Waals surface area contributed by atoms with E-state index < -0.39 is 4.92 Å². The van der Waals surface area contributed by atoms with Crippen molar-refractivity contribution in [1.82, 2.24) is 4.98 Å². The molecule has 4 heteroatoms. The lowest BCUT2D eigenvalue weighted by Gasteiger charge is -2.04. The van der Waals surface area contributed by atoms with Crippen molar-refractivity contribution in [3.05, 3.63) is 58.8 Å². The average Bonchev–Trinajstić information content (AvgIpc) is 2.29. The van der Waals surface area contributed by atoms with Gasteiger partial charge < -0.3 is 0 Å². The van der Waals surface area contributed by atoms with Gasteiger partial charge in [0, 0.05) is 10.9 Å². The molecule has 0 fully saturated rings. The first kappa shape index (κ1) is 10.3. The van der Waals surface area contributed by atoms with Crippen LogP contribution in [0.4, 0.5) is 5.69 Å². The molecule has 2 rings (SSSR count). The van der Waals surface area contributed by atoms with E-state index in [-0.39, 0.29) is 5.69 Å². The monoisotopic (exact) mass is 214 g/mol. The summed E-state index contributed by atoms with van der Waals surface area (Å²) in [6.45, 7) is 3.62. The van der Waals surface area contributed by atoms with Gasteiger partial charge in [-0.2, -0.15) is 0 Å². The third-order valence-corrected chi connectivity index (χ3v) is 2.41. The predicted molar refractivity (Wildman–Crippen MR) is 62.3 cm³/mol. The molecule has 1 aromatic carbocycles. The fourth-order valence-electron chi connectivity index (χ4n) is 1.70. The quantitative estimate of drug-likeness (QED) is 0.448. The molecule has 0 unspecified atom stereocenters. The van der Waals surface area contributed by atoms with E-state index in [0.717, 1.165) is 10.9 Å². The molecule has 0 amide bonds. The molecular formula is C12H10N2O2. The Morgan fingerprint density at radius 1 is 1.44 bits per heavy atom. The molecule has 4 nitrogen and oxygen atoms in total. The molecule has 1 aromatic heterocycles. The van der Waals surface area contributed by atoms with Gasteiger partial charge in [-0.1, -0.05) is 24.3 Å². The SMILES string of the molecule is C=CCc1c([N+](=O)[O-])cnc2ccccc12. The topological polar surface area (TPSA) is 56.0 Å². The zero-order valence-electron chi connectivity index (χ0n) is 8.59. The van der Waals surface area contributed by atoms with Gasteiger partial charge in [0.1, 0.15) is 6.20 Å². The van der Waals surface area contributed by atoms with Gasteiger partial charge in [-0.15, -0.1) is 6.58 Å². The summed E-state index contributed by atoms with van der Waals surface area (Å²) >= 11 is 0. The van der Waals surface area contributed by atoms with E-state index in [4.69, 9.17) is 0 Å². The summed E-state index contributed by atoms with van der Waals surface area (Å²) in [6, 6.07) is 7.39. The second-order valence-corrected chi connectivity index (χ2v) is 3.39. The normalized spacial score (nSPS) is 10.2. The number of hydrogen-bond acceptors (Lipinski definition) is 3. The lowest BCUT2D eigenvalue weighted by molar-refractivity contribution is -0.385.